The molecule has 0 saturated carbocycles. The Morgan fingerprint density at radius 3 is 1.65 bits per heavy atom. The van der Waals surface area contributed by atoms with Crippen LogP contribution >= 0.6 is 11.3 Å². The minimum Gasteiger partial charge on any atom is -0.309 e. The van der Waals surface area contributed by atoms with E-state index in [4.69, 9.17) is 15.0 Å². The van der Waals surface area contributed by atoms with Crippen molar-refractivity contribution in [2.45, 2.75) is 0 Å². The maximum Gasteiger partial charge on any atom is 0.164 e. The molecule has 8 aromatic carbocycles. The molecule has 54 heavy (non-hydrogen) atoms. The first-order valence-electron chi connectivity index (χ1n) is 18.1. The lowest BCUT2D eigenvalue weighted by Crippen LogP contribution is -2.01. The van der Waals surface area contributed by atoms with Crippen LogP contribution in [0.25, 0.3) is 104 Å². The van der Waals surface area contributed by atoms with E-state index in [1.54, 1.807) is 11.3 Å². The molecule has 0 aliphatic rings. The molecule has 4 nitrogen and oxygen atoms in total. The van der Waals surface area contributed by atoms with Crippen LogP contribution in [0.5, 0.6) is 0 Å². The number of hydrogen-bond donors (Lipinski definition) is 0. The van der Waals surface area contributed by atoms with Crippen LogP contribution in [-0.2, 0) is 0 Å². The number of benzene rings is 8. The Morgan fingerprint density at radius 2 is 0.889 bits per heavy atom. The fraction of sp³-hybridized carbons (Fsp3) is 0. The third kappa shape index (κ3) is 5.01. The molecule has 11 aromatic rings. The van der Waals surface area contributed by atoms with Crippen molar-refractivity contribution in [3.8, 4) is 51.0 Å². The number of thiophene rings is 1. The molecule has 252 valence electrons. The van der Waals surface area contributed by atoms with Gasteiger partial charge in [0.25, 0.3) is 0 Å². The van der Waals surface area contributed by atoms with Crippen molar-refractivity contribution < 1.29 is 0 Å². The minimum absolute atomic E-state index is 0.632. The number of aromatic nitrogens is 4. The van der Waals surface area contributed by atoms with Gasteiger partial charge in [0.1, 0.15) is 0 Å². The average molecular weight is 707 g/mol. The molecule has 3 heterocycles. The lowest BCUT2D eigenvalue weighted by atomic mass is 9.97. The predicted molar refractivity (Wildman–Crippen MR) is 226 cm³/mol. The van der Waals surface area contributed by atoms with Crippen molar-refractivity contribution in [1.29, 1.82) is 0 Å². The normalized spacial score (nSPS) is 11.7. The Balaban J connectivity index is 1.07. The van der Waals surface area contributed by atoms with Gasteiger partial charge < -0.3 is 4.57 Å². The molecular formula is C49H30N4S. The van der Waals surface area contributed by atoms with Crippen LogP contribution in [0.1, 0.15) is 0 Å². The second-order valence-corrected chi connectivity index (χ2v) is 14.7. The summed E-state index contributed by atoms with van der Waals surface area (Å²) >= 11 is 1.80. The molecular weight excluding hydrogens is 677 g/mol. The number of nitrogens with zero attached hydrogens (tertiary/aromatic N) is 4. The van der Waals surface area contributed by atoms with E-state index >= 15 is 0 Å². The molecule has 0 amide bonds. The predicted octanol–water partition coefficient (Wildman–Crippen LogP) is 13.2. The van der Waals surface area contributed by atoms with E-state index in [1.807, 2.05) is 0 Å². The summed E-state index contributed by atoms with van der Waals surface area (Å²) in [5, 5.41) is 7.44. The van der Waals surface area contributed by atoms with Gasteiger partial charge in [-0.25, -0.2) is 15.0 Å². The molecule has 0 atom stereocenters. The minimum atomic E-state index is 0.632. The Bertz CT molecular complexity index is 3170. The van der Waals surface area contributed by atoms with Crippen molar-refractivity contribution >= 4 is 64.1 Å². The Kier molecular flexibility index (Phi) is 7.00. The van der Waals surface area contributed by atoms with Gasteiger partial charge in [0, 0.05) is 53.3 Å². The summed E-state index contributed by atoms with van der Waals surface area (Å²) < 4.78 is 4.82. The highest BCUT2D eigenvalue weighted by Crippen LogP contribution is 2.38. The van der Waals surface area contributed by atoms with Crippen molar-refractivity contribution in [1.82, 2.24) is 19.5 Å². The van der Waals surface area contributed by atoms with Gasteiger partial charge in [-0.05, 0) is 58.3 Å². The monoisotopic (exact) mass is 706 g/mol. The molecule has 0 saturated heterocycles. The van der Waals surface area contributed by atoms with Gasteiger partial charge >= 0.3 is 0 Å². The average Bonchev–Trinajstić information content (AvgIpc) is 3.79. The maximum absolute atomic E-state index is 5.18. The summed E-state index contributed by atoms with van der Waals surface area (Å²) in [4.78, 5) is 15.5. The SMILES string of the molecule is c1cc(-c2nc(-c3ccc(-c4cccc5ccccc45)cc3)nc(-c3ccc4c(c3)sc3ccccc34)n2)cc(-n2c3ccccc3c3ccccc32)c1. The van der Waals surface area contributed by atoms with E-state index < -0.39 is 0 Å². The highest BCUT2D eigenvalue weighted by Gasteiger charge is 2.17. The van der Waals surface area contributed by atoms with E-state index in [2.05, 4.69) is 187 Å². The Labute approximate surface area is 315 Å². The van der Waals surface area contributed by atoms with E-state index in [1.165, 1.54) is 47.3 Å². The van der Waals surface area contributed by atoms with Crippen molar-refractivity contribution in [3.05, 3.63) is 182 Å². The largest absolute Gasteiger partial charge is 0.309 e. The van der Waals surface area contributed by atoms with Gasteiger partial charge in [0.15, 0.2) is 17.5 Å². The summed E-state index contributed by atoms with van der Waals surface area (Å²) in [5.74, 6) is 1.92. The summed E-state index contributed by atoms with van der Waals surface area (Å²) in [6, 6.07) is 64.5. The van der Waals surface area contributed by atoms with Gasteiger partial charge in [-0.15, -0.1) is 11.3 Å². The van der Waals surface area contributed by atoms with Crippen LogP contribution in [0.4, 0.5) is 0 Å². The fourth-order valence-corrected chi connectivity index (χ4v) is 9.03. The second kappa shape index (κ2) is 12.3. The molecule has 0 spiro atoms. The summed E-state index contributed by atoms with van der Waals surface area (Å²) in [7, 11) is 0. The highest BCUT2D eigenvalue weighted by molar-refractivity contribution is 7.25. The smallest absolute Gasteiger partial charge is 0.164 e. The van der Waals surface area contributed by atoms with E-state index in [0.29, 0.717) is 17.5 Å². The lowest BCUT2D eigenvalue weighted by molar-refractivity contribution is 1.07. The first-order valence-corrected chi connectivity index (χ1v) is 18.9. The molecule has 0 fully saturated rings. The highest BCUT2D eigenvalue weighted by atomic mass is 32.1. The van der Waals surface area contributed by atoms with Crippen molar-refractivity contribution in [2.75, 3.05) is 0 Å². The Morgan fingerprint density at radius 1 is 0.352 bits per heavy atom. The van der Waals surface area contributed by atoms with Gasteiger partial charge in [-0.1, -0.05) is 146 Å². The number of para-hydroxylation sites is 2. The first-order chi connectivity index (χ1) is 26.7. The van der Waals surface area contributed by atoms with Gasteiger partial charge in [0.05, 0.1) is 11.0 Å². The lowest BCUT2D eigenvalue weighted by Gasteiger charge is -2.12. The second-order valence-electron chi connectivity index (χ2n) is 13.6. The Hall–Kier alpha value is -6.95. The fourth-order valence-electron chi connectivity index (χ4n) is 7.89. The van der Waals surface area contributed by atoms with Crippen LogP contribution in [0.2, 0.25) is 0 Å². The summed E-state index contributed by atoms with van der Waals surface area (Å²) in [6.07, 6.45) is 0. The number of rotatable bonds is 5. The van der Waals surface area contributed by atoms with Gasteiger partial charge in [-0.2, -0.15) is 0 Å². The molecule has 0 unspecified atom stereocenters. The quantitative estimate of drug-likeness (QED) is 0.179. The standard InChI is InChI=1S/C49H30N4S/c1-2-15-37-31(11-1)12-10-19-38(37)32-23-25-33(26-24-32)47-50-48(52-49(51-47)35-27-28-42-41-18-5-8-22-45(41)54-46(42)30-35)34-13-9-14-36(29-34)53-43-20-6-3-16-39(43)40-17-4-7-21-44(40)53/h1-30H. The van der Waals surface area contributed by atoms with Crippen molar-refractivity contribution in [2.24, 2.45) is 0 Å². The molecule has 5 heteroatoms. The third-order valence-electron chi connectivity index (χ3n) is 10.5. The van der Waals surface area contributed by atoms with E-state index in [0.717, 1.165) is 39.0 Å². The van der Waals surface area contributed by atoms with Crippen LogP contribution in [0.3, 0.4) is 0 Å². The van der Waals surface area contributed by atoms with E-state index in [9.17, 15) is 0 Å². The van der Waals surface area contributed by atoms with E-state index in [-0.39, 0.29) is 0 Å². The van der Waals surface area contributed by atoms with Gasteiger partial charge in [-0.3, -0.25) is 0 Å². The first kappa shape index (κ1) is 30.7. The number of fused-ring (bicyclic) bond motifs is 7. The molecule has 0 N–H and O–H groups in total. The van der Waals surface area contributed by atoms with Crippen molar-refractivity contribution in [3.63, 3.8) is 0 Å². The summed E-state index contributed by atoms with van der Waals surface area (Å²) in [6.45, 7) is 0. The van der Waals surface area contributed by atoms with Crippen LogP contribution < -0.4 is 0 Å². The van der Waals surface area contributed by atoms with Crippen LogP contribution in [-0.4, -0.2) is 19.5 Å². The maximum atomic E-state index is 5.18. The zero-order valence-corrected chi connectivity index (χ0v) is 29.8. The molecule has 0 aliphatic carbocycles. The molecule has 0 aliphatic heterocycles. The molecule has 0 bridgehead atoms. The van der Waals surface area contributed by atoms with Crippen LogP contribution in [0.15, 0.2) is 182 Å². The topological polar surface area (TPSA) is 43.6 Å². The molecule has 11 rings (SSSR count). The zero-order chi connectivity index (χ0) is 35.6. The molecule has 3 aromatic heterocycles. The third-order valence-corrected chi connectivity index (χ3v) is 11.6. The molecule has 0 radical (unpaired) electrons. The van der Waals surface area contributed by atoms with Gasteiger partial charge in [0.2, 0.25) is 0 Å². The number of hydrogen-bond acceptors (Lipinski definition) is 4. The van der Waals surface area contributed by atoms with Crippen LogP contribution in [0, 0.1) is 0 Å². The summed E-state index contributed by atoms with van der Waals surface area (Å²) in [5.41, 5.74) is 8.56. The zero-order valence-electron chi connectivity index (χ0n) is 29.0.